The van der Waals surface area contributed by atoms with Gasteiger partial charge in [0, 0.05) is 0 Å². The zero-order valence-electron chi connectivity index (χ0n) is 6.43. The molecule has 0 spiro atoms. The summed E-state index contributed by atoms with van der Waals surface area (Å²) in [5.74, 6) is 1.90. The van der Waals surface area contributed by atoms with Gasteiger partial charge >= 0.3 is 0 Å². The van der Waals surface area contributed by atoms with E-state index in [1.54, 1.807) is 0 Å². The highest BCUT2D eigenvalue weighted by Gasteiger charge is 2.14. The van der Waals surface area contributed by atoms with Crippen molar-refractivity contribution in [1.82, 2.24) is 0 Å². The monoisotopic (exact) mass is 124 g/mol. The highest BCUT2D eigenvalue weighted by Crippen LogP contribution is 2.26. The second-order valence-corrected chi connectivity index (χ2v) is 3.09. The fraction of sp³-hybridized carbons (Fsp3) is 0.778. The lowest BCUT2D eigenvalue weighted by molar-refractivity contribution is 0.339. The lowest BCUT2D eigenvalue weighted by Gasteiger charge is -2.23. The van der Waals surface area contributed by atoms with Crippen LogP contribution in [0.1, 0.15) is 33.1 Å². The lowest BCUT2D eigenvalue weighted by Crippen LogP contribution is -2.11. The van der Waals surface area contributed by atoms with Gasteiger partial charge in [0.05, 0.1) is 0 Å². The predicted octanol–water partition coefficient (Wildman–Crippen LogP) is 3.00. The minimum Gasteiger partial charge on any atom is -0.0883 e. The average Bonchev–Trinajstić information content (AvgIpc) is 1.89. The summed E-state index contributed by atoms with van der Waals surface area (Å²) in [4.78, 5) is 0. The van der Waals surface area contributed by atoms with Crippen LogP contribution in [0.2, 0.25) is 0 Å². The zero-order valence-corrected chi connectivity index (χ0v) is 6.43. The Labute approximate surface area is 58.0 Å². The van der Waals surface area contributed by atoms with Crippen molar-refractivity contribution < 1.29 is 0 Å². The molecule has 0 heteroatoms. The molecule has 0 saturated carbocycles. The summed E-state index contributed by atoms with van der Waals surface area (Å²) in [5.41, 5.74) is 0. The molecule has 0 N–H and O–H groups in total. The van der Waals surface area contributed by atoms with Crippen LogP contribution in [0.4, 0.5) is 0 Å². The lowest BCUT2D eigenvalue weighted by atomic mass is 9.83. The Balaban J connectivity index is 2.43. The molecule has 0 radical (unpaired) electrons. The molecule has 1 aliphatic carbocycles. The van der Waals surface area contributed by atoms with Crippen molar-refractivity contribution >= 4 is 0 Å². The van der Waals surface area contributed by atoms with Crippen molar-refractivity contribution in [2.24, 2.45) is 11.8 Å². The van der Waals surface area contributed by atoms with Gasteiger partial charge in [-0.15, -0.1) is 0 Å². The summed E-state index contributed by atoms with van der Waals surface area (Å²) in [7, 11) is 0. The third-order valence-electron chi connectivity index (χ3n) is 2.44. The summed E-state index contributed by atoms with van der Waals surface area (Å²) < 4.78 is 0. The van der Waals surface area contributed by atoms with Crippen molar-refractivity contribution in [3.8, 4) is 0 Å². The molecule has 1 rings (SSSR count). The summed E-state index contributed by atoms with van der Waals surface area (Å²) in [6.45, 7) is 4.65. The van der Waals surface area contributed by atoms with Gasteiger partial charge in [-0.05, 0) is 24.7 Å². The van der Waals surface area contributed by atoms with Gasteiger partial charge in [0.2, 0.25) is 0 Å². The van der Waals surface area contributed by atoms with Gasteiger partial charge in [-0.1, -0.05) is 32.4 Å². The smallest absolute Gasteiger partial charge is 0.0320 e. The molecule has 0 aromatic rings. The molecule has 0 amide bonds. The first-order chi connectivity index (χ1) is 4.34. The second-order valence-electron chi connectivity index (χ2n) is 3.09. The van der Waals surface area contributed by atoms with Crippen LogP contribution in [0.15, 0.2) is 12.2 Å². The van der Waals surface area contributed by atoms with E-state index in [2.05, 4.69) is 26.0 Å². The zero-order chi connectivity index (χ0) is 6.69. The van der Waals surface area contributed by atoms with Crippen molar-refractivity contribution in [3.05, 3.63) is 12.2 Å². The quantitative estimate of drug-likeness (QED) is 0.471. The van der Waals surface area contributed by atoms with E-state index in [1.165, 1.54) is 19.3 Å². The molecule has 1 aliphatic rings. The maximum atomic E-state index is 2.36. The first-order valence-corrected chi connectivity index (χ1v) is 3.99. The normalized spacial score (nSPS) is 34.9. The van der Waals surface area contributed by atoms with Gasteiger partial charge in [-0.3, -0.25) is 0 Å². The van der Waals surface area contributed by atoms with Crippen LogP contribution in [0.3, 0.4) is 0 Å². The van der Waals surface area contributed by atoms with Gasteiger partial charge in [0.1, 0.15) is 0 Å². The van der Waals surface area contributed by atoms with Gasteiger partial charge in [0.25, 0.3) is 0 Å². The molecule has 0 aromatic heterocycles. The van der Waals surface area contributed by atoms with Crippen LogP contribution in [-0.2, 0) is 0 Å². The van der Waals surface area contributed by atoms with Crippen LogP contribution in [-0.4, -0.2) is 0 Å². The highest BCUT2D eigenvalue weighted by atomic mass is 14.2. The van der Waals surface area contributed by atoms with E-state index < -0.39 is 0 Å². The molecule has 0 bridgehead atoms. The Kier molecular flexibility index (Phi) is 2.32. The van der Waals surface area contributed by atoms with Gasteiger partial charge in [-0.25, -0.2) is 0 Å². The predicted molar refractivity (Wildman–Crippen MR) is 41.3 cm³/mol. The Hall–Kier alpha value is -0.260. The van der Waals surface area contributed by atoms with Gasteiger partial charge in [-0.2, -0.15) is 0 Å². The maximum Gasteiger partial charge on any atom is -0.0320 e. The standard InChI is InChI=1S/C9H16/c1-3-9-7-5-4-6-8(9)2/h4-5,8-9H,3,6-7H2,1-2H3/t8-,9+/m0/s1. The molecule has 2 atom stereocenters. The Bertz CT molecular complexity index is 103. The molecular weight excluding hydrogens is 108 g/mol. The van der Waals surface area contributed by atoms with E-state index in [-0.39, 0.29) is 0 Å². The van der Waals surface area contributed by atoms with Crippen LogP contribution >= 0.6 is 0 Å². The minimum atomic E-state index is 0.931. The molecule has 0 saturated heterocycles. The van der Waals surface area contributed by atoms with E-state index in [0.29, 0.717) is 0 Å². The summed E-state index contributed by atoms with van der Waals surface area (Å²) in [6.07, 6.45) is 8.62. The molecular formula is C9H16. The molecule has 0 unspecified atom stereocenters. The van der Waals surface area contributed by atoms with E-state index >= 15 is 0 Å². The molecule has 0 aromatic carbocycles. The fourth-order valence-corrected chi connectivity index (χ4v) is 1.58. The van der Waals surface area contributed by atoms with Crippen LogP contribution in [0.5, 0.6) is 0 Å². The van der Waals surface area contributed by atoms with E-state index in [0.717, 1.165) is 11.8 Å². The fourth-order valence-electron chi connectivity index (χ4n) is 1.58. The van der Waals surface area contributed by atoms with E-state index in [4.69, 9.17) is 0 Å². The Morgan fingerprint density at radius 3 is 2.44 bits per heavy atom. The summed E-state index contributed by atoms with van der Waals surface area (Å²) >= 11 is 0. The van der Waals surface area contributed by atoms with E-state index in [9.17, 15) is 0 Å². The average molecular weight is 124 g/mol. The Morgan fingerprint density at radius 2 is 2.00 bits per heavy atom. The number of rotatable bonds is 1. The second kappa shape index (κ2) is 3.05. The molecule has 0 nitrogen and oxygen atoms in total. The van der Waals surface area contributed by atoms with Crippen molar-refractivity contribution in [2.45, 2.75) is 33.1 Å². The van der Waals surface area contributed by atoms with E-state index in [1.807, 2.05) is 0 Å². The number of allylic oxidation sites excluding steroid dienone is 2. The number of hydrogen-bond acceptors (Lipinski definition) is 0. The largest absolute Gasteiger partial charge is 0.0883 e. The number of hydrogen-bond donors (Lipinski definition) is 0. The molecule has 0 fully saturated rings. The Morgan fingerprint density at radius 1 is 1.33 bits per heavy atom. The van der Waals surface area contributed by atoms with Crippen LogP contribution < -0.4 is 0 Å². The maximum absolute atomic E-state index is 2.36. The van der Waals surface area contributed by atoms with Crippen LogP contribution in [0.25, 0.3) is 0 Å². The minimum absolute atomic E-state index is 0.931. The third-order valence-corrected chi connectivity index (χ3v) is 2.44. The molecule has 0 aliphatic heterocycles. The van der Waals surface area contributed by atoms with Gasteiger partial charge in [0.15, 0.2) is 0 Å². The SMILES string of the molecule is CC[C@@H]1CC=CC[C@@H]1C. The van der Waals surface area contributed by atoms with Crippen molar-refractivity contribution in [1.29, 1.82) is 0 Å². The molecule has 0 heterocycles. The first-order valence-electron chi connectivity index (χ1n) is 3.99. The van der Waals surface area contributed by atoms with Crippen molar-refractivity contribution in [3.63, 3.8) is 0 Å². The topological polar surface area (TPSA) is 0 Å². The summed E-state index contributed by atoms with van der Waals surface area (Å²) in [5, 5.41) is 0. The highest BCUT2D eigenvalue weighted by molar-refractivity contribution is 4.92. The molecule has 9 heavy (non-hydrogen) atoms. The summed E-state index contributed by atoms with van der Waals surface area (Å²) in [6, 6.07) is 0. The van der Waals surface area contributed by atoms with Gasteiger partial charge < -0.3 is 0 Å². The van der Waals surface area contributed by atoms with Crippen LogP contribution in [0, 0.1) is 11.8 Å². The third kappa shape index (κ3) is 1.57. The first kappa shape index (κ1) is 6.85. The van der Waals surface area contributed by atoms with Crippen molar-refractivity contribution in [2.75, 3.05) is 0 Å². The molecule has 52 valence electrons.